The molecule has 2 aliphatic heterocycles. The van der Waals surface area contributed by atoms with Gasteiger partial charge in [0.2, 0.25) is 0 Å². The summed E-state index contributed by atoms with van der Waals surface area (Å²) in [5, 5.41) is 12.2. The Morgan fingerprint density at radius 3 is 2.36 bits per heavy atom. The van der Waals surface area contributed by atoms with Gasteiger partial charge in [-0.2, -0.15) is 13.2 Å². The van der Waals surface area contributed by atoms with Crippen molar-refractivity contribution in [2.24, 2.45) is 5.41 Å². The minimum atomic E-state index is -4.51. The summed E-state index contributed by atoms with van der Waals surface area (Å²) >= 11 is 0. The average Bonchev–Trinajstić information content (AvgIpc) is 2.98. The molecule has 1 saturated heterocycles. The van der Waals surface area contributed by atoms with E-state index in [0.29, 0.717) is 38.4 Å². The Morgan fingerprint density at radius 2 is 1.80 bits per heavy atom. The molecule has 1 spiro atoms. The monoisotopic (exact) mass is 644 g/mol. The molecule has 0 bridgehead atoms. The van der Waals surface area contributed by atoms with Crippen LogP contribution in [0.1, 0.15) is 123 Å². The maximum absolute atomic E-state index is 13.5. The summed E-state index contributed by atoms with van der Waals surface area (Å²) in [7, 11) is -2.23. The van der Waals surface area contributed by atoms with E-state index in [1.54, 1.807) is 0 Å². The van der Waals surface area contributed by atoms with E-state index in [1.807, 2.05) is 0 Å². The number of nitrogens with zero attached hydrogens (tertiary/aromatic N) is 2. The van der Waals surface area contributed by atoms with Crippen LogP contribution in [-0.2, 0) is 26.5 Å². The maximum atomic E-state index is 13.5. The number of aliphatic hydroxyl groups is 1. The fourth-order valence-corrected chi connectivity index (χ4v) is 8.59. The maximum Gasteiger partial charge on any atom is 0.417 e. The number of fused-ring (bicyclic) bond motifs is 1. The minimum absolute atomic E-state index is 0.00252. The molecule has 2 aliphatic carbocycles. The van der Waals surface area contributed by atoms with Gasteiger partial charge in [-0.15, -0.1) is 0 Å². The lowest BCUT2D eigenvalue weighted by molar-refractivity contribution is -0.137. The topological polar surface area (TPSA) is 73.7 Å². The Kier molecular flexibility index (Phi) is 8.87. The van der Waals surface area contributed by atoms with E-state index in [9.17, 15) is 18.3 Å². The Balaban J connectivity index is 1.59. The smallest absolute Gasteiger partial charge is 0.410 e. The van der Waals surface area contributed by atoms with E-state index in [-0.39, 0.29) is 28.2 Å². The van der Waals surface area contributed by atoms with Gasteiger partial charge in [0.05, 0.1) is 36.3 Å². The molecule has 246 valence electrons. The summed E-state index contributed by atoms with van der Waals surface area (Å²) in [4.78, 5) is 9.64. The lowest BCUT2D eigenvalue weighted by atomic mass is 9.59. The Hall–Kier alpha value is -2.11. The highest BCUT2D eigenvalue weighted by molar-refractivity contribution is 6.74. The largest absolute Gasteiger partial charge is 0.417 e. The summed E-state index contributed by atoms with van der Waals surface area (Å²) in [6, 6.07) is 2.30. The normalized spacial score (nSPS) is 23.3. The van der Waals surface area contributed by atoms with Crippen molar-refractivity contribution in [3.63, 3.8) is 0 Å². The van der Waals surface area contributed by atoms with Crippen LogP contribution in [0.15, 0.2) is 24.4 Å². The van der Waals surface area contributed by atoms with Crippen molar-refractivity contribution in [3.8, 4) is 0 Å². The predicted molar refractivity (Wildman–Crippen MR) is 169 cm³/mol. The van der Waals surface area contributed by atoms with Crippen molar-refractivity contribution in [1.82, 2.24) is 9.97 Å². The molecule has 2 aromatic rings. The third-order valence-electron chi connectivity index (χ3n) is 11.1. The van der Waals surface area contributed by atoms with Gasteiger partial charge in [-0.25, -0.2) is 0 Å². The summed E-state index contributed by atoms with van der Waals surface area (Å²) in [6.45, 7) is 13.5. The molecule has 1 saturated carbocycles. The van der Waals surface area contributed by atoms with Crippen molar-refractivity contribution in [3.05, 3.63) is 63.7 Å². The first-order valence-corrected chi connectivity index (χ1v) is 19.4. The Labute approximate surface area is 265 Å². The molecule has 0 amide bonds. The number of rotatable bonds is 6. The van der Waals surface area contributed by atoms with E-state index < -0.39 is 26.2 Å². The van der Waals surface area contributed by atoms with Gasteiger partial charge in [0.25, 0.3) is 0 Å². The van der Waals surface area contributed by atoms with Crippen LogP contribution in [0.3, 0.4) is 0 Å². The van der Waals surface area contributed by atoms with Gasteiger partial charge in [0, 0.05) is 42.1 Å². The van der Waals surface area contributed by atoms with Gasteiger partial charge in [-0.1, -0.05) is 33.3 Å². The second-order valence-electron chi connectivity index (χ2n) is 15.1. The standard InChI is InChI=1S/C35H47F3N2O4Si/c1-33(2,3)45(4,5)44-27-20-34(13-6-14-34)19-26-29(27)28(22-9-15-42-16-10-22)30(31(40-26)23-11-17-43-18-12-23)32(41)25-8-7-24(21-39-25)35(36,37)38/h7-9,21,23,27,32,41H,6,10-20H2,1-5H3/t27-,32-/m0/s1. The zero-order valence-electron chi connectivity index (χ0n) is 27.2. The molecule has 2 aromatic heterocycles. The van der Waals surface area contributed by atoms with Crippen molar-refractivity contribution >= 4 is 13.9 Å². The van der Waals surface area contributed by atoms with Crippen LogP contribution in [0, 0.1) is 5.41 Å². The molecule has 4 aliphatic rings. The van der Waals surface area contributed by atoms with Gasteiger partial charge >= 0.3 is 6.18 Å². The van der Waals surface area contributed by atoms with E-state index in [2.05, 4.69) is 44.9 Å². The molecular weight excluding hydrogens is 597 g/mol. The summed E-state index contributed by atoms with van der Waals surface area (Å²) < 4.78 is 59.1. The predicted octanol–water partition coefficient (Wildman–Crippen LogP) is 8.45. The molecule has 4 heterocycles. The number of alkyl halides is 3. The van der Waals surface area contributed by atoms with Crippen molar-refractivity contribution in [2.75, 3.05) is 26.4 Å². The molecule has 0 aromatic carbocycles. The number of aromatic nitrogens is 2. The molecule has 6 rings (SSSR count). The van der Waals surface area contributed by atoms with Crippen LogP contribution in [0.4, 0.5) is 13.2 Å². The number of hydrogen-bond acceptors (Lipinski definition) is 6. The minimum Gasteiger partial charge on any atom is -0.410 e. The van der Waals surface area contributed by atoms with E-state index >= 15 is 0 Å². The highest BCUT2D eigenvalue weighted by Gasteiger charge is 2.50. The molecule has 1 N–H and O–H groups in total. The summed E-state index contributed by atoms with van der Waals surface area (Å²) in [5.74, 6) is 0.0568. The van der Waals surface area contributed by atoms with Crippen LogP contribution >= 0.6 is 0 Å². The first-order valence-electron chi connectivity index (χ1n) is 16.5. The highest BCUT2D eigenvalue weighted by Crippen LogP contribution is 2.58. The molecule has 0 radical (unpaired) electrons. The number of hydrogen-bond donors (Lipinski definition) is 1. The number of ether oxygens (including phenoxy) is 2. The first-order chi connectivity index (χ1) is 21.2. The fourth-order valence-electron chi connectivity index (χ4n) is 7.32. The lowest BCUT2D eigenvalue weighted by Crippen LogP contribution is -2.46. The van der Waals surface area contributed by atoms with E-state index in [1.165, 1.54) is 12.5 Å². The number of pyridine rings is 2. The quantitative estimate of drug-likeness (QED) is 0.318. The Bertz CT molecular complexity index is 1420. The molecule has 45 heavy (non-hydrogen) atoms. The van der Waals surface area contributed by atoms with Crippen LogP contribution in [0.5, 0.6) is 0 Å². The average molecular weight is 645 g/mol. The Morgan fingerprint density at radius 1 is 1.07 bits per heavy atom. The molecule has 10 heteroatoms. The van der Waals surface area contributed by atoms with E-state index in [0.717, 1.165) is 78.9 Å². The van der Waals surface area contributed by atoms with Crippen LogP contribution in [0.25, 0.3) is 5.57 Å². The second-order valence-corrected chi connectivity index (χ2v) is 19.8. The lowest BCUT2D eigenvalue weighted by Gasteiger charge is -2.51. The van der Waals surface area contributed by atoms with Crippen molar-refractivity contribution in [2.45, 2.75) is 115 Å². The zero-order chi connectivity index (χ0) is 32.2. The molecule has 0 unspecified atom stereocenters. The third-order valence-corrected chi connectivity index (χ3v) is 15.6. The number of halogens is 3. The SMILES string of the molecule is CC(C)(C)[Si](C)(C)O[C@H]1CC2(CCC2)Cc2nc(C3CCOCC3)c([C@@H](O)c3ccc(C(F)(F)F)cn3)c(C3=CCOCC3)c21. The highest BCUT2D eigenvalue weighted by atomic mass is 28.4. The second kappa shape index (κ2) is 12.2. The molecule has 2 fully saturated rings. The van der Waals surface area contributed by atoms with Gasteiger partial charge in [0.1, 0.15) is 6.10 Å². The summed E-state index contributed by atoms with van der Waals surface area (Å²) in [6.07, 6.45) is 4.47. The van der Waals surface area contributed by atoms with Crippen LogP contribution in [-0.4, -0.2) is 49.8 Å². The molecule has 2 atom stereocenters. The van der Waals surface area contributed by atoms with Crippen LogP contribution < -0.4 is 0 Å². The summed E-state index contributed by atoms with van der Waals surface area (Å²) in [5.41, 5.74) is 5.15. The van der Waals surface area contributed by atoms with Crippen LogP contribution in [0.2, 0.25) is 18.1 Å². The fraction of sp³-hybridized carbons (Fsp3) is 0.657. The molecular formula is C35H47F3N2O4Si. The molecule has 6 nitrogen and oxygen atoms in total. The number of aliphatic hydroxyl groups excluding tert-OH is 1. The van der Waals surface area contributed by atoms with Gasteiger partial charge < -0.3 is 19.0 Å². The van der Waals surface area contributed by atoms with Gasteiger partial charge in [-0.3, -0.25) is 9.97 Å². The first kappa shape index (κ1) is 32.8. The van der Waals surface area contributed by atoms with Crippen molar-refractivity contribution < 1.29 is 32.2 Å². The zero-order valence-corrected chi connectivity index (χ0v) is 28.2. The third kappa shape index (κ3) is 6.42. The van der Waals surface area contributed by atoms with Crippen molar-refractivity contribution in [1.29, 1.82) is 0 Å². The van der Waals surface area contributed by atoms with E-state index in [4.69, 9.17) is 18.9 Å². The van der Waals surface area contributed by atoms with Gasteiger partial charge in [-0.05, 0) is 91.8 Å². The van der Waals surface area contributed by atoms with Gasteiger partial charge in [0.15, 0.2) is 8.32 Å².